The third kappa shape index (κ3) is 9.83. The second kappa shape index (κ2) is 18.2. The third-order valence-corrected chi connectivity index (χ3v) is 8.98. The molecule has 0 spiro atoms. The molecule has 0 aliphatic carbocycles. The van der Waals surface area contributed by atoms with Crippen LogP contribution in [0.2, 0.25) is 0 Å². The molecule has 3 heterocycles. The van der Waals surface area contributed by atoms with Crippen LogP contribution in [0.15, 0.2) is 54.6 Å². The van der Waals surface area contributed by atoms with Crippen LogP contribution in [0.5, 0.6) is 11.5 Å². The lowest BCUT2D eigenvalue weighted by Gasteiger charge is -2.46. The SMILES string of the molecule is COc1ccc(C=CC(=O)O[C@@H]2[C@@H](O[C@@H]3OC[C@@H](O)[C@H](O)[C@H]3O)[C@@H](O)[C@H](OC[C@H]3O[C@@H](OCCc4ccc(O)cc4)[C@H](O)[C@@H](O)[C@@H]3O)O[C@H]2C)cc1. The van der Waals surface area contributed by atoms with Gasteiger partial charge in [-0.2, -0.15) is 0 Å². The smallest absolute Gasteiger partial charge is 0.331 e. The fourth-order valence-corrected chi connectivity index (χ4v) is 5.89. The topological polar surface area (TPSA) is 253 Å². The molecule has 0 unspecified atom stereocenters. The Bertz CT molecular complexity index is 1440. The zero-order valence-electron chi connectivity index (χ0n) is 28.4. The number of benzene rings is 2. The molecule has 0 amide bonds. The number of ether oxygens (including phenoxy) is 8. The molecule has 3 fully saturated rings. The summed E-state index contributed by atoms with van der Waals surface area (Å²) in [5.74, 6) is -0.111. The number of esters is 1. The number of phenolic OH excluding ortho intramolecular Hbond substituents is 1. The highest BCUT2D eigenvalue weighted by atomic mass is 16.7. The molecule has 0 saturated carbocycles. The molecular weight excluding hydrogens is 692 g/mol. The van der Waals surface area contributed by atoms with Crippen molar-refractivity contribution in [3.63, 3.8) is 0 Å². The molecule has 0 bridgehead atoms. The molecule has 288 valence electrons. The summed E-state index contributed by atoms with van der Waals surface area (Å²) in [4.78, 5) is 12.9. The van der Waals surface area contributed by atoms with E-state index in [0.717, 1.165) is 11.6 Å². The highest BCUT2D eigenvalue weighted by molar-refractivity contribution is 5.87. The molecule has 5 rings (SSSR count). The lowest BCUT2D eigenvalue weighted by molar-refractivity contribution is -0.354. The van der Waals surface area contributed by atoms with Crippen molar-refractivity contribution in [1.29, 1.82) is 0 Å². The molecule has 3 aliphatic heterocycles. The van der Waals surface area contributed by atoms with Gasteiger partial charge in [-0.3, -0.25) is 0 Å². The summed E-state index contributed by atoms with van der Waals surface area (Å²) in [6.45, 7) is 0.660. The van der Waals surface area contributed by atoms with Crippen LogP contribution >= 0.6 is 0 Å². The van der Waals surface area contributed by atoms with Gasteiger partial charge in [-0.25, -0.2) is 4.79 Å². The zero-order valence-corrected chi connectivity index (χ0v) is 28.4. The Kier molecular flexibility index (Phi) is 14.0. The predicted octanol–water partition coefficient (Wildman–Crippen LogP) is -1.66. The summed E-state index contributed by atoms with van der Waals surface area (Å²) in [5, 5.41) is 83.2. The number of aromatic hydroxyl groups is 1. The van der Waals surface area contributed by atoms with Crippen molar-refractivity contribution in [1.82, 2.24) is 0 Å². The van der Waals surface area contributed by atoms with Gasteiger partial charge in [0.2, 0.25) is 0 Å². The van der Waals surface area contributed by atoms with Crippen LogP contribution in [0.1, 0.15) is 18.1 Å². The van der Waals surface area contributed by atoms with E-state index in [4.69, 9.17) is 37.9 Å². The minimum atomic E-state index is -1.75. The van der Waals surface area contributed by atoms with Crippen molar-refractivity contribution < 1.29 is 83.5 Å². The lowest BCUT2D eigenvalue weighted by Crippen LogP contribution is -2.64. The van der Waals surface area contributed by atoms with Gasteiger partial charge in [0.1, 0.15) is 66.4 Å². The highest BCUT2D eigenvalue weighted by Gasteiger charge is 2.51. The monoisotopic (exact) mass is 738 g/mol. The average Bonchev–Trinajstić information content (AvgIpc) is 3.14. The van der Waals surface area contributed by atoms with E-state index in [9.17, 15) is 45.6 Å². The summed E-state index contributed by atoms with van der Waals surface area (Å²) in [5.41, 5.74) is 1.49. The second-order valence-electron chi connectivity index (χ2n) is 12.7. The summed E-state index contributed by atoms with van der Waals surface area (Å²) >= 11 is 0. The number of rotatable bonds is 13. The predicted molar refractivity (Wildman–Crippen MR) is 175 cm³/mol. The average molecular weight is 739 g/mol. The molecule has 3 saturated heterocycles. The van der Waals surface area contributed by atoms with E-state index in [1.165, 1.54) is 32.2 Å². The Morgan fingerprint density at radius 1 is 0.788 bits per heavy atom. The van der Waals surface area contributed by atoms with E-state index < -0.39 is 105 Å². The molecule has 2 aromatic rings. The zero-order chi connectivity index (χ0) is 37.5. The summed E-state index contributed by atoms with van der Waals surface area (Å²) in [7, 11) is 1.52. The Labute approximate surface area is 299 Å². The number of aliphatic hydroxyl groups excluding tert-OH is 7. The van der Waals surface area contributed by atoms with Crippen LogP contribution in [0.3, 0.4) is 0 Å². The molecule has 14 atom stereocenters. The number of methoxy groups -OCH3 is 1. The van der Waals surface area contributed by atoms with E-state index in [0.29, 0.717) is 17.7 Å². The minimum absolute atomic E-state index is 0.0556. The van der Waals surface area contributed by atoms with Gasteiger partial charge in [0, 0.05) is 6.08 Å². The number of hydrogen-bond acceptors (Lipinski definition) is 17. The molecule has 52 heavy (non-hydrogen) atoms. The van der Waals surface area contributed by atoms with Crippen LogP contribution in [0.4, 0.5) is 0 Å². The molecule has 2 aromatic carbocycles. The first-order chi connectivity index (χ1) is 24.9. The normalized spacial score (nSPS) is 36.8. The number of phenols is 1. The largest absolute Gasteiger partial charge is 0.508 e. The maximum absolute atomic E-state index is 12.9. The number of hydrogen-bond donors (Lipinski definition) is 8. The molecular formula is C35H46O17. The van der Waals surface area contributed by atoms with Crippen LogP contribution in [0, 0.1) is 0 Å². The first kappa shape index (κ1) is 39.9. The van der Waals surface area contributed by atoms with Crippen molar-refractivity contribution in [2.45, 2.75) is 99.4 Å². The lowest BCUT2D eigenvalue weighted by atomic mass is 9.98. The van der Waals surface area contributed by atoms with Gasteiger partial charge in [0.15, 0.2) is 25.0 Å². The molecule has 8 N–H and O–H groups in total. The fraction of sp³-hybridized carbons (Fsp3) is 0.571. The van der Waals surface area contributed by atoms with Crippen LogP contribution in [-0.4, -0.2) is 160 Å². The standard InChI is InChI=1S/C35H46O17/c1-17-31(51-24(38)12-7-18-5-10-21(45-2)11-6-18)32(52-34-28(42)25(39)22(37)15-47-34)30(44)35(49-17)48-16-23-26(40)27(41)29(43)33(50-23)46-14-13-19-3-8-20(36)9-4-19/h3-12,17,22-23,25-37,39-44H,13-16H2,1-2H3/t17-,22+,23+,25-,26+,27-,28+,29+,30+,31-,32-,33+,34-,35+/m0/s1. The van der Waals surface area contributed by atoms with Gasteiger partial charge < -0.3 is 78.7 Å². The van der Waals surface area contributed by atoms with E-state index in [1.54, 1.807) is 36.4 Å². The Hall–Kier alpha value is -3.27. The Balaban J connectivity index is 1.24. The van der Waals surface area contributed by atoms with Crippen molar-refractivity contribution >= 4 is 12.0 Å². The molecule has 17 heteroatoms. The quantitative estimate of drug-likeness (QED) is 0.0846. The number of carbonyl (C=O) groups excluding carboxylic acids is 1. The van der Waals surface area contributed by atoms with E-state index in [1.807, 2.05) is 0 Å². The second-order valence-corrected chi connectivity index (χ2v) is 12.7. The van der Waals surface area contributed by atoms with Crippen LogP contribution in [-0.2, 0) is 44.4 Å². The summed E-state index contributed by atoms with van der Waals surface area (Å²) in [6.07, 6.45) is -18.0. The Morgan fingerprint density at radius 2 is 1.46 bits per heavy atom. The number of carbonyl (C=O) groups is 1. The van der Waals surface area contributed by atoms with E-state index in [-0.39, 0.29) is 12.4 Å². The van der Waals surface area contributed by atoms with Crippen LogP contribution < -0.4 is 4.74 Å². The highest BCUT2D eigenvalue weighted by Crippen LogP contribution is 2.31. The molecule has 0 aromatic heterocycles. The van der Waals surface area contributed by atoms with Crippen molar-refractivity contribution in [2.24, 2.45) is 0 Å². The first-order valence-corrected chi connectivity index (χ1v) is 16.7. The van der Waals surface area contributed by atoms with E-state index in [2.05, 4.69) is 0 Å². The minimum Gasteiger partial charge on any atom is -0.508 e. The van der Waals surface area contributed by atoms with Gasteiger partial charge in [0.05, 0.1) is 33.0 Å². The maximum Gasteiger partial charge on any atom is 0.331 e. The van der Waals surface area contributed by atoms with Crippen molar-refractivity contribution in [3.05, 3.63) is 65.7 Å². The Morgan fingerprint density at radius 3 is 2.15 bits per heavy atom. The molecule has 0 radical (unpaired) electrons. The van der Waals surface area contributed by atoms with Gasteiger partial charge in [-0.1, -0.05) is 24.3 Å². The van der Waals surface area contributed by atoms with Gasteiger partial charge >= 0.3 is 5.97 Å². The van der Waals surface area contributed by atoms with Gasteiger partial charge in [0.25, 0.3) is 0 Å². The summed E-state index contributed by atoms with van der Waals surface area (Å²) < 4.78 is 45.0. The third-order valence-electron chi connectivity index (χ3n) is 8.98. The summed E-state index contributed by atoms with van der Waals surface area (Å²) in [6, 6.07) is 13.2. The molecule has 17 nitrogen and oxygen atoms in total. The maximum atomic E-state index is 12.9. The van der Waals surface area contributed by atoms with Crippen LogP contribution in [0.25, 0.3) is 6.08 Å². The van der Waals surface area contributed by atoms with E-state index >= 15 is 0 Å². The van der Waals surface area contributed by atoms with Crippen molar-refractivity contribution in [3.8, 4) is 11.5 Å². The first-order valence-electron chi connectivity index (χ1n) is 16.7. The van der Waals surface area contributed by atoms with Crippen molar-refractivity contribution in [2.75, 3.05) is 26.9 Å². The van der Waals surface area contributed by atoms with Gasteiger partial charge in [-0.15, -0.1) is 0 Å². The van der Waals surface area contributed by atoms with Gasteiger partial charge in [-0.05, 0) is 54.8 Å². The number of aliphatic hydroxyl groups is 7. The fourth-order valence-electron chi connectivity index (χ4n) is 5.89. The molecule has 3 aliphatic rings.